The van der Waals surface area contributed by atoms with Crippen molar-refractivity contribution in [3.05, 3.63) is 70.3 Å². The lowest BCUT2D eigenvalue weighted by atomic mass is 10.1. The summed E-state index contributed by atoms with van der Waals surface area (Å²) in [6, 6.07) is 10.2. The summed E-state index contributed by atoms with van der Waals surface area (Å²) in [6.45, 7) is 3.90. The smallest absolute Gasteiger partial charge is 0.336 e. The largest absolute Gasteiger partial charge is 0.481 e. The van der Waals surface area contributed by atoms with Crippen LogP contribution in [-0.4, -0.2) is 17.0 Å². The maximum absolute atomic E-state index is 12.2. The first kappa shape index (κ1) is 16.7. The summed E-state index contributed by atoms with van der Waals surface area (Å²) in [4.78, 5) is 27.6. The number of carbonyl (C=O) groups excluding carboxylic acids is 1. The van der Waals surface area contributed by atoms with Crippen LogP contribution in [0.4, 0.5) is 0 Å². The van der Waals surface area contributed by atoms with Gasteiger partial charge in [-0.2, -0.15) is 0 Å². The van der Waals surface area contributed by atoms with E-state index in [-0.39, 0.29) is 11.5 Å². The van der Waals surface area contributed by atoms with Crippen LogP contribution >= 0.6 is 0 Å². The zero-order valence-electron chi connectivity index (χ0n) is 14.0. The van der Waals surface area contributed by atoms with Crippen LogP contribution in [0.25, 0.3) is 11.0 Å². The highest BCUT2D eigenvalue weighted by atomic mass is 16.5. The standard InChI is InChI=1S/C19H18N2O4/c1-12-8-18(22)25-17-6-5-15(9-16(12)17)24-13(2)19(23)21-11-14-4-3-7-20-10-14/h3-10,13H,11H2,1-2H3,(H,21,23). The monoisotopic (exact) mass is 338 g/mol. The Morgan fingerprint density at radius 2 is 2.16 bits per heavy atom. The fraction of sp³-hybridized carbons (Fsp3) is 0.211. The fourth-order valence-electron chi connectivity index (χ4n) is 2.47. The molecule has 3 rings (SSSR count). The first-order valence-corrected chi connectivity index (χ1v) is 7.91. The Balaban J connectivity index is 1.67. The normalized spacial score (nSPS) is 11.9. The van der Waals surface area contributed by atoms with Crippen molar-refractivity contribution in [3.8, 4) is 5.75 Å². The average molecular weight is 338 g/mol. The number of nitrogens with zero attached hydrogens (tertiary/aromatic N) is 1. The van der Waals surface area contributed by atoms with Crippen LogP contribution in [0.1, 0.15) is 18.1 Å². The molecule has 1 unspecified atom stereocenters. The minimum absolute atomic E-state index is 0.222. The third kappa shape index (κ3) is 4.03. The van der Waals surface area contributed by atoms with E-state index in [1.54, 1.807) is 37.5 Å². The minimum Gasteiger partial charge on any atom is -0.481 e. The van der Waals surface area contributed by atoms with E-state index >= 15 is 0 Å². The zero-order valence-corrected chi connectivity index (χ0v) is 14.0. The van der Waals surface area contributed by atoms with Gasteiger partial charge in [-0.3, -0.25) is 9.78 Å². The van der Waals surface area contributed by atoms with E-state index < -0.39 is 6.10 Å². The van der Waals surface area contributed by atoms with Crippen molar-refractivity contribution in [1.29, 1.82) is 0 Å². The van der Waals surface area contributed by atoms with Gasteiger partial charge in [0.2, 0.25) is 0 Å². The molecule has 1 atom stereocenters. The Morgan fingerprint density at radius 3 is 2.92 bits per heavy atom. The van der Waals surface area contributed by atoms with Gasteiger partial charge >= 0.3 is 5.63 Å². The molecule has 0 fully saturated rings. The van der Waals surface area contributed by atoms with Crippen LogP contribution in [0.15, 0.2) is 58.0 Å². The summed E-state index contributed by atoms with van der Waals surface area (Å²) in [5.74, 6) is 0.314. The second-order valence-electron chi connectivity index (χ2n) is 5.75. The number of aromatic nitrogens is 1. The Kier molecular flexibility index (Phi) is 4.79. The number of pyridine rings is 1. The van der Waals surface area contributed by atoms with Crippen LogP contribution in [0.3, 0.4) is 0 Å². The molecule has 0 saturated carbocycles. The van der Waals surface area contributed by atoms with Gasteiger partial charge in [0.05, 0.1) is 0 Å². The zero-order chi connectivity index (χ0) is 17.8. The van der Waals surface area contributed by atoms with Crippen LogP contribution < -0.4 is 15.7 Å². The van der Waals surface area contributed by atoms with Gasteiger partial charge in [-0.25, -0.2) is 4.79 Å². The number of fused-ring (bicyclic) bond motifs is 1. The van der Waals surface area contributed by atoms with E-state index in [0.29, 0.717) is 17.9 Å². The predicted molar refractivity (Wildman–Crippen MR) is 93.4 cm³/mol. The topological polar surface area (TPSA) is 81.4 Å². The van der Waals surface area contributed by atoms with E-state index in [1.165, 1.54) is 6.07 Å². The molecule has 0 bridgehead atoms. The van der Waals surface area contributed by atoms with Crippen molar-refractivity contribution in [2.24, 2.45) is 0 Å². The summed E-state index contributed by atoms with van der Waals surface area (Å²) in [5, 5.41) is 3.59. The average Bonchev–Trinajstić information content (AvgIpc) is 2.61. The number of carbonyl (C=O) groups is 1. The Labute approximate surface area is 144 Å². The van der Waals surface area contributed by atoms with Crippen LogP contribution in [0.2, 0.25) is 0 Å². The van der Waals surface area contributed by atoms with Crippen molar-refractivity contribution >= 4 is 16.9 Å². The van der Waals surface area contributed by atoms with Crippen LogP contribution in [-0.2, 0) is 11.3 Å². The molecule has 0 saturated heterocycles. The lowest BCUT2D eigenvalue weighted by Crippen LogP contribution is -2.35. The van der Waals surface area contributed by atoms with Gasteiger partial charge in [-0.1, -0.05) is 6.07 Å². The number of amides is 1. The summed E-state index contributed by atoms with van der Waals surface area (Å²) in [7, 11) is 0. The minimum atomic E-state index is -0.662. The van der Waals surface area contributed by atoms with Gasteiger partial charge in [0, 0.05) is 30.4 Å². The fourth-order valence-corrected chi connectivity index (χ4v) is 2.47. The highest BCUT2D eigenvalue weighted by molar-refractivity contribution is 5.83. The molecule has 6 heteroatoms. The van der Waals surface area contributed by atoms with Gasteiger partial charge in [0.15, 0.2) is 6.10 Å². The number of benzene rings is 1. The quantitative estimate of drug-likeness (QED) is 0.723. The van der Waals surface area contributed by atoms with Gasteiger partial charge in [0.1, 0.15) is 11.3 Å². The number of ether oxygens (including phenoxy) is 1. The second kappa shape index (κ2) is 7.17. The van der Waals surface area contributed by atoms with Crippen molar-refractivity contribution < 1.29 is 13.9 Å². The Bertz CT molecular complexity index is 951. The molecular formula is C19H18N2O4. The molecular weight excluding hydrogens is 320 g/mol. The van der Waals surface area contributed by atoms with Crippen LogP contribution in [0, 0.1) is 6.92 Å². The molecule has 3 aromatic rings. The number of hydrogen-bond donors (Lipinski definition) is 1. The molecule has 2 aromatic heterocycles. The lowest BCUT2D eigenvalue weighted by Gasteiger charge is -2.15. The van der Waals surface area contributed by atoms with Gasteiger partial charge in [0.25, 0.3) is 5.91 Å². The van der Waals surface area contributed by atoms with Crippen molar-refractivity contribution in [3.63, 3.8) is 0 Å². The van der Waals surface area contributed by atoms with Crippen molar-refractivity contribution in [2.45, 2.75) is 26.5 Å². The van der Waals surface area contributed by atoms with Gasteiger partial charge in [-0.05, 0) is 49.2 Å². The SMILES string of the molecule is Cc1cc(=O)oc2ccc(OC(C)C(=O)NCc3cccnc3)cc12. The van der Waals surface area contributed by atoms with E-state index in [9.17, 15) is 9.59 Å². The number of hydrogen-bond acceptors (Lipinski definition) is 5. The molecule has 0 aliphatic carbocycles. The lowest BCUT2D eigenvalue weighted by molar-refractivity contribution is -0.127. The van der Waals surface area contributed by atoms with E-state index in [1.807, 2.05) is 19.1 Å². The summed E-state index contributed by atoms with van der Waals surface area (Å²) in [5.41, 5.74) is 1.82. The molecule has 2 heterocycles. The first-order valence-electron chi connectivity index (χ1n) is 7.91. The molecule has 0 aliphatic rings. The predicted octanol–water partition coefficient (Wildman–Crippen LogP) is 2.58. The van der Waals surface area contributed by atoms with E-state index in [0.717, 1.165) is 16.5 Å². The molecule has 0 spiro atoms. The Morgan fingerprint density at radius 1 is 1.32 bits per heavy atom. The molecule has 1 N–H and O–H groups in total. The third-order valence-corrected chi connectivity index (χ3v) is 3.79. The van der Waals surface area contributed by atoms with Gasteiger partial charge in [-0.15, -0.1) is 0 Å². The number of rotatable bonds is 5. The maximum atomic E-state index is 12.2. The van der Waals surface area contributed by atoms with E-state index in [4.69, 9.17) is 9.15 Å². The third-order valence-electron chi connectivity index (χ3n) is 3.79. The summed E-state index contributed by atoms with van der Waals surface area (Å²) in [6.07, 6.45) is 2.72. The molecule has 128 valence electrons. The summed E-state index contributed by atoms with van der Waals surface area (Å²) < 4.78 is 10.9. The molecule has 6 nitrogen and oxygen atoms in total. The Hall–Kier alpha value is -3.15. The van der Waals surface area contributed by atoms with E-state index in [2.05, 4.69) is 10.3 Å². The molecule has 0 aliphatic heterocycles. The molecule has 0 radical (unpaired) electrons. The molecule has 1 amide bonds. The number of aryl methyl sites for hydroxylation is 1. The molecule has 1 aromatic carbocycles. The number of nitrogens with one attached hydrogen (secondary N) is 1. The first-order chi connectivity index (χ1) is 12.0. The highest BCUT2D eigenvalue weighted by Gasteiger charge is 2.15. The summed E-state index contributed by atoms with van der Waals surface area (Å²) >= 11 is 0. The van der Waals surface area contributed by atoms with Crippen LogP contribution in [0.5, 0.6) is 5.75 Å². The highest BCUT2D eigenvalue weighted by Crippen LogP contribution is 2.23. The second-order valence-corrected chi connectivity index (χ2v) is 5.75. The maximum Gasteiger partial charge on any atom is 0.336 e. The van der Waals surface area contributed by atoms with Gasteiger partial charge < -0.3 is 14.5 Å². The van der Waals surface area contributed by atoms with Crippen molar-refractivity contribution in [1.82, 2.24) is 10.3 Å². The molecule has 25 heavy (non-hydrogen) atoms. The van der Waals surface area contributed by atoms with Crippen molar-refractivity contribution in [2.75, 3.05) is 0 Å².